The van der Waals surface area contributed by atoms with E-state index in [0.29, 0.717) is 23.8 Å². The maximum absolute atomic E-state index is 10.7. The molecule has 1 aromatic carbocycles. The molecule has 0 spiro atoms. The van der Waals surface area contributed by atoms with Gasteiger partial charge in [0.2, 0.25) is 5.88 Å². The molecule has 0 saturated heterocycles. The van der Waals surface area contributed by atoms with Crippen molar-refractivity contribution in [2.24, 2.45) is 0 Å². The van der Waals surface area contributed by atoms with Gasteiger partial charge in [-0.25, -0.2) is 4.98 Å². The second-order valence-corrected chi connectivity index (χ2v) is 4.18. The van der Waals surface area contributed by atoms with E-state index in [4.69, 9.17) is 14.6 Å². The van der Waals surface area contributed by atoms with E-state index in [1.54, 1.807) is 37.6 Å². The van der Waals surface area contributed by atoms with E-state index in [-0.39, 0.29) is 6.42 Å². The van der Waals surface area contributed by atoms with Gasteiger partial charge in [-0.1, -0.05) is 12.1 Å². The summed E-state index contributed by atoms with van der Waals surface area (Å²) in [5.74, 6) is 0.278. The molecule has 1 aromatic heterocycles. The highest BCUT2D eigenvalue weighted by Gasteiger charge is 2.05. The van der Waals surface area contributed by atoms with Crippen molar-refractivity contribution in [3.05, 3.63) is 53.7 Å². The first-order chi connectivity index (χ1) is 9.69. The highest BCUT2D eigenvalue weighted by atomic mass is 16.5. The highest BCUT2D eigenvalue weighted by Crippen LogP contribution is 2.19. The van der Waals surface area contributed by atoms with Crippen molar-refractivity contribution in [3.63, 3.8) is 0 Å². The number of aromatic nitrogens is 1. The molecular weight excluding hydrogens is 258 g/mol. The van der Waals surface area contributed by atoms with E-state index in [9.17, 15) is 4.79 Å². The number of aliphatic carboxylic acids is 1. The predicted molar refractivity (Wildman–Crippen MR) is 72.9 cm³/mol. The van der Waals surface area contributed by atoms with E-state index < -0.39 is 5.97 Å². The Bertz CT molecular complexity index is 598. The quantitative estimate of drug-likeness (QED) is 0.874. The van der Waals surface area contributed by atoms with Crippen LogP contribution >= 0.6 is 0 Å². The third-order valence-electron chi connectivity index (χ3n) is 2.69. The van der Waals surface area contributed by atoms with Crippen LogP contribution in [0.2, 0.25) is 0 Å². The molecule has 0 aliphatic rings. The van der Waals surface area contributed by atoms with Crippen molar-refractivity contribution in [1.82, 2.24) is 4.98 Å². The van der Waals surface area contributed by atoms with Crippen molar-refractivity contribution < 1.29 is 19.4 Å². The Morgan fingerprint density at radius 2 is 2.15 bits per heavy atom. The summed E-state index contributed by atoms with van der Waals surface area (Å²) in [6, 6.07) is 10.7. The van der Waals surface area contributed by atoms with Crippen molar-refractivity contribution in [2.45, 2.75) is 13.0 Å². The Hall–Kier alpha value is -2.56. The third-order valence-corrected chi connectivity index (χ3v) is 2.69. The van der Waals surface area contributed by atoms with Gasteiger partial charge in [-0.15, -0.1) is 0 Å². The van der Waals surface area contributed by atoms with Crippen LogP contribution < -0.4 is 9.47 Å². The third kappa shape index (κ3) is 3.71. The van der Waals surface area contributed by atoms with Crippen molar-refractivity contribution in [3.8, 4) is 11.6 Å². The van der Waals surface area contributed by atoms with Crippen LogP contribution in [-0.2, 0) is 17.8 Å². The lowest BCUT2D eigenvalue weighted by molar-refractivity contribution is -0.136. The number of hydrogen-bond acceptors (Lipinski definition) is 4. The average molecular weight is 273 g/mol. The SMILES string of the molecule is COc1ncccc1COc1cccc(CC(=O)O)c1. The van der Waals surface area contributed by atoms with Crippen LogP contribution in [0.1, 0.15) is 11.1 Å². The molecular formula is C15H15NO4. The maximum Gasteiger partial charge on any atom is 0.307 e. The van der Waals surface area contributed by atoms with E-state index in [2.05, 4.69) is 4.98 Å². The fraction of sp³-hybridized carbons (Fsp3) is 0.200. The van der Waals surface area contributed by atoms with Crippen LogP contribution in [-0.4, -0.2) is 23.2 Å². The van der Waals surface area contributed by atoms with Crippen LogP contribution in [0.4, 0.5) is 0 Å². The molecule has 0 atom stereocenters. The number of ether oxygens (including phenoxy) is 2. The summed E-state index contributed by atoms with van der Waals surface area (Å²) in [6.45, 7) is 0.313. The molecule has 0 saturated carbocycles. The van der Waals surface area contributed by atoms with E-state index in [0.717, 1.165) is 5.56 Å². The fourth-order valence-corrected chi connectivity index (χ4v) is 1.80. The van der Waals surface area contributed by atoms with Crippen LogP contribution in [0.15, 0.2) is 42.6 Å². The van der Waals surface area contributed by atoms with Gasteiger partial charge in [0, 0.05) is 6.20 Å². The second kappa shape index (κ2) is 6.56. The molecule has 2 rings (SSSR count). The van der Waals surface area contributed by atoms with Crippen LogP contribution in [0, 0.1) is 0 Å². The highest BCUT2D eigenvalue weighted by molar-refractivity contribution is 5.70. The summed E-state index contributed by atoms with van der Waals surface area (Å²) in [5, 5.41) is 8.77. The molecule has 5 nitrogen and oxygen atoms in total. The van der Waals surface area contributed by atoms with Crippen molar-refractivity contribution in [1.29, 1.82) is 0 Å². The molecule has 0 aliphatic carbocycles. The number of rotatable bonds is 6. The number of carboxylic acids is 1. The molecule has 0 radical (unpaired) electrons. The largest absolute Gasteiger partial charge is 0.489 e. The molecule has 0 unspecified atom stereocenters. The number of nitrogens with zero attached hydrogens (tertiary/aromatic N) is 1. The Morgan fingerprint density at radius 1 is 1.30 bits per heavy atom. The van der Waals surface area contributed by atoms with Gasteiger partial charge in [-0.3, -0.25) is 4.79 Å². The summed E-state index contributed by atoms with van der Waals surface area (Å²) < 4.78 is 10.8. The van der Waals surface area contributed by atoms with Gasteiger partial charge in [0.25, 0.3) is 0 Å². The molecule has 20 heavy (non-hydrogen) atoms. The van der Waals surface area contributed by atoms with Crippen molar-refractivity contribution in [2.75, 3.05) is 7.11 Å². The first-order valence-corrected chi connectivity index (χ1v) is 6.10. The molecule has 0 amide bonds. The summed E-state index contributed by atoms with van der Waals surface area (Å²) >= 11 is 0. The summed E-state index contributed by atoms with van der Waals surface area (Å²) in [6.07, 6.45) is 1.63. The molecule has 0 fully saturated rings. The number of hydrogen-bond donors (Lipinski definition) is 1. The zero-order chi connectivity index (χ0) is 14.4. The Balaban J connectivity index is 2.05. The van der Waals surface area contributed by atoms with Gasteiger partial charge < -0.3 is 14.6 Å². The van der Waals surface area contributed by atoms with E-state index in [1.807, 2.05) is 12.1 Å². The molecule has 2 aromatic rings. The van der Waals surface area contributed by atoms with Gasteiger partial charge >= 0.3 is 5.97 Å². The van der Waals surface area contributed by atoms with Crippen molar-refractivity contribution >= 4 is 5.97 Å². The smallest absolute Gasteiger partial charge is 0.307 e. The number of carboxylic acid groups (broad SMARTS) is 1. The van der Waals surface area contributed by atoms with Gasteiger partial charge in [-0.05, 0) is 29.8 Å². The van der Waals surface area contributed by atoms with Crippen LogP contribution in [0.25, 0.3) is 0 Å². The first kappa shape index (κ1) is 13.9. The molecule has 1 N–H and O–H groups in total. The lowest BCUT2D eigenvalue weighted by Gasteiger charge is -2.09. The van der Waals surface area contributed by atoms with Gasteiger partial charge in [0.1, 0.15) is 12.4 Å². The zero-order valence-corrected chi connectivity index (χ0v) is 11.1. The minimum absolute atomic E-state index is 0.0204. The normalized spacial score (nSPS) is 10.1. The Labute approximate surface area is 116 Å². The number of pyridine rings is 1. The lowest BCUT2D eigenvalue weighted by atomic mass is 10.1. The number of methoxy groups -OCH3 is 1. The molecule has 104 valence electrons. The standard InChI is InChI=1S/C15H15NO4/c1-19-15-12(5-3-7-16-15)10-20-13-6-2-4-11(8-13)9-14(17)18/h2-8H,9-10H2,1H3,(H,17,18). The molecule has 0 bridgehead atoms. The van der Waals surface area contributed by atoms with Gasteiger partial charge in [-0.2, -0.15) is 0 Å². The fourth-order valence-electron chi connectivity index (χ4n) is 1.80. The summed E-state index contributed by atoms with van der Waals surface area (Å²) in [5.41, 5.74) is 1.53. The van der Waals surface area contributed by atoms with Crippen LogP contribution in [0.3, 0.4) is 0 Å². The Kier molecular flexibility index (Phi) is 4.55. The van der Waals surface area contributed by atoms with Gasteiger partial charge in [0.15, 0.2) is 0 Å². The minimum Gasteiger partial charge on any atom is -0.489 e. The minimum atomic E-state index is -0.865. The monoisotopic (exact) mass is 273 g/mol. The molecule has 5 heteroatoms. The summed E-state index contributed by atoms with van der Waals surface area (Å²) in [7, 11) is 1.55. The number of benzene rings is 1. The van der Waals surface area contributed by atoms with Crippen LogP contribution in [0.5, 0.6) is 11.6 Å². The van der Waals surface area contributed by atoms with Gasteiger partial charge in [0.05, 0.1) is 19.1 Å². The summed E-state index contributed by atoms with van der Waals surface area (Å²) in [4.78, 5) is 14.8. The molecule has 0 aliphatic heterocycles. The molecule has 1 heterocycles. The predicted octanol–water partition coefficient (Wildman–Crippen LogP) is 2.30. The zero-order valence-electron chi connectivity index (χ0n) is 11.1. The first-order valence-electron chi connectivity index (χ1n) is 6.10. The average Bonchev–Trinajstić information content (AvgIpc) is 2.45. The maximum atomic E-state index is 10.7. The topological polar surface area (TPSA) is 68.7 Å². The number of carbonyl (C=O) groups is 1. The Morgan fingerprint density at radius 3 is 2.90 bits per heavy atom. The van der Waals surface area contributed by atoms with E-state index >= 15 is 0 Å². The van der Waals surface area contributed by atoms with E-state index in [1.165, 1.54) is 0 Å². The lowest BCUT2D eigenvalue weighted by Crippen LogP contribution is -2.02. The second-order valence-electron chi connectivity index (χ2n) is 4.18.